The maximum atomic E-state index is 12.6. The van der Waals surface area contributed by atoms with Gasteiger partial charge in [0.25, 0.3) is 5.91 Å². The van der Waals surface area contributed by atoms with Gasteiger partial charge in [0.1, 0.15) is 12.4 Å². The molecule has 1 aliphatic rings. The number of para-hydroxylation sites is 1. The van der Waals surface area contributed by atoms with Gasteiger partial charge in [0.15, 0.2) is 5.60 Å². The van der Waals surface area contributed by atoms with E-state index in [-0.39, 0.29) is 5.91 Å². The summed E-state index contributed by atoms with van der Waals surface area (Å²) < 4.78 is 11.2. The first-order valence-corrected chi connectivity index (χ1v) is 8.69. The average Bonchev–Trinajstić information content (AvgIpc) is 2.60. The highest BCUT2D eigenvalue weighted by molar-refractivity contribution is 5.97. The van der Waals surface area contributed by atoms with Gasteiger partial charge in [-0.15, -0.1) is 0 Å². The van der Waals surface area contributed by atoms with E-state index in [0.717, 1.165) is 22.4 Å². The van der Waals surface area contributed by atoms with Crippen LogP contribution in [0.3, 0.4) is 0 Å². The summed E-state index contributed by atoms with van der Waals surface area (Å²) in [5.74, 6) is 0.0627. The van der Waals surface area contributed by atoms with Crippen LogP contribution in [0, 0.1) is 13.8 Å². The Hall–Kier alpha value is -2.82. The van der Waals surface area contributed by atoms with Crippen LogP contribution < -0.4 is 10.1 Å². The number of amides is 1. The van der Waals surface area contributed by atoms with Gasteiger partial charge in [0, 0.05) is 6.42 Å². The zero-order valence-electron chi connectivity index (χ0n) is 15.3. The first-order chi connectivity index (χ1) is 12.4. The summed E-state index contributed by atoms with van der Waals surface area (Å²) in [4.78, 5) is 24.7. The van der Waals surface area contributed by atoms with Crippen molar-refractivity contribution in [2.24, 2.45) is 0 Å². The van der Waals surface area contributed by atoms with Crippen molar-refractivity contribution in [3.63, 3.8) is 0 Å². The average molecular weight is 353 g/mol. The van der Waals surface area contributed by atoms with E-state index in [1.54, 1.807) is 19.1 Å². The third-order valence-corrected chi connectivity index (χ3v) is 4.61. The molecule has 1 amide bonds. The molecule has 0 saturated heterocycles. The van der Waals surface area contributed by atoms with Crippen molar-refractivity contribution in [2.75, 3.05) is 13.2 Å². The summed E-state index contributed by atoms with van der Waals surface area (Å²) in [6.45, 7) is 6.30. The number of fused-ring (bicyclic) bond motifs is 1. The van der Waals surface area contributed by atoms with E-state index >= 15 is 0 Å². The maximum Gasteiger partial charge on any atom is 0.339 e. The van der Waals surface area contributed by atoms with Crippen molar-refractivity contribution in [1.29, 1.82) is 0 Å². The molecule has 3 rings (SSSR count). The molecule has 5 nitrogen and oxygen atoms in total. The van der Waals surface area contributed by atoms with Crippen LogP contribution in [0.15, 0.2) is 42.5 Å². The van der Waals surface area contributed by atoms with Gasteiger partial charge in [-0.25, -0.2) is 4.79 Å². The molecule has 0 saturated carbocycles. The Morgan fingerprint density at radius 2 is 1.85 bits per heavy atom. The summed E-state index contributed by atoms with van der Waals surface area (Å²) in [6, 6.07) is 13.2. The lowest BCUT2D eigenvalue weighted by atomic mass is 9.89. The summed E-state index contributed by atoms with van der Waals surface area (Å²) in [7, 11) is 0. The van der Waals surface area contributed by atoms with Crippen LogP contribution in [0.2, 0.25) is 0 Å². The number of hydrogen-bond acceptors (Lipinski definition) is 4. The standard InChI is InChI=1S/C21H23NO4/c1-14-7-6-8-15(2)18(14)25-12-11-22-20(24)21(3)13-16-9-4-5-10-17(16)19(23)26-21/h4-10H,11-13H2,1-3H3,(H,22,24). The summed E-state index contributed by atoms with van der Waals surface area (Å²) in [5.41, 5.74) is 2.26. The van der Waals surface area contributed by atoms with Crippen LogP contribution in [-0.4, -0.2) is 30.6 Å². The molecule has 1 heterocycles. The summed E-state index contributed by atoms with van der Waals surface area (Å²) >= 11 is 0. The number of rotatable bonds is 5. The molecule has 0 aliphatic carbocycles. The summed E-state index contributed by atoms with van der Waals surface area (Å²) in [5, 5.41) is 2.81. The lowest BCUT2D eigenvalue weighted by molar-refractivity contribution is -0.139. The second-order valence-corrected chi connectivity index (χ2v) is 6.78. The Labute approximate surface area is 153 Å². The van der Waals surface area contributed by atoms with Crippen LogP contribution in [0.5, 0.6) is 5.75 Å². The van der Waals surface area contributed by atoms with Crippen LogP contribution in [0.1, 0.15) is 34.0 Å². The number of cyclic esters (lactones) is 1. The Bertz CT molecular complexity index is 825. The molecule has 0 fully saturated rings. The molecule has 0 bridgehead atoms. The van der Waals surface area contributed by atoms with Crippen molar-refractivity contribution in [2.45, 2.75) is 32.8 Å². The van der Waals surface area contributed by atoms with Gasteiger partial charge in [-0.2, -0.15) is 0 Å². The minimum absolute atomic E-state index is 0.314. The first-order valence-electron chi connectivity index (χ1n) is 8.69. The van der Waals surface area contributed by atoms with Gasteiger partial charge < -0.3 is 14.8 Å². The Balaban J connectivity index is 1.58. The van der Waals surface area contributed by atoms with E-state index in [1.807, 2.05) is 44.2 Å². The zero-order chi connectivity index (χ0) is 18.7. The van der Waals surface area contributed by atoms with Crippen molar-refractivity contribution < 1.29 is 19.1 Å². The SMILES string of the molecule is Cc1cccc(C)c1OCCNC(=O)C1(C)Cc2ccccc2C(=O)O1. The fourth-order valence-corrected chi connectivity index (χ4v) is 3.19. The monoisotopic (exact) mass is 353 g/mol. The minimum atomic E-state index is -1.20. The molecule has 1 atom stereocenters. The Morgan fingerprint density at radius 1 is 1.15 bits per heavy atom. The van der Waals surface area contributed by atoms with Crippen LogP contribution >= 0.6 is 0 Å². The smallest absolute Gasteiger partial charge is 0.339 e. The maximum absolute atomic E-state index is 12.6. The predicted octanol–water partition coefficient (Wildman–Crippen LogP) is 2.97. The number of ether oxygens (including phenoxy) is 2. The lowest BCUT2D eigenvalue weighted by Crippen LogP contribution is -2.52. The first kappa shape index (κ1) is 18.0. The number of nitrogens with one attached hydrogen (secondary N) is 1. The molecular formula is C21H23NO4. The largest absolute Gasteiger partial charge is 0.491 e. The molecule has 2 aromatic carbocycles. The van der Waals surface area contributed by atoms with Crippen LogP contribution in [0.25, 0.3) is 0 Å². The van der Waals surface area contributed by atoms with Gasteiger partial charge in [0.05, 0.1) is 12.1 Å². The van der Waals surface area contributed by atoms with Gasteiger partial charge in [0.2, 0.25) is 0 Å². The second kappa shape index (κ2) is 7.20. The fraction of sp³-hybridized carbons (Fsp3) is 0.333. The number of benzene rings is 2. The molecule has 26 heavy (non-hydrogen) atoms. The van der Waals surface area contributed by atoms with E-state index in [1.165, 1.54) is 0 Å². The van der Waals surface area contributed by atoms with Crippen molar-refractivity contribution in [1.82, 2.24) is 5.32 Å². The van der Waals surface area contributed by atoms with Gasteiger partial charge in [-0.3, -0.25) is 4.79 Å². The molecule has 1 aliphatic heterocycles. The summed E-state index contributed by atoms with van der Waals surface area (Å²) in [6.07, 6.45) is 0.360. The molecule has 1 unspecified atom stereocenters. The van der Waals surface area contributed by atoms with E-state index in [4.69, 9.17) is 9.47 Å². The van der Waals surface area contributed by atoms with E-state index in [9.17, 15) is 9.59 Å². The van der Waals surface area contributed by atoms with Gasteiger partial charge in [-0.05, 0) is 43.5 Å². The van der Waals surface area contributed by atoms with E-state index in [2.05, 4.69) is 5.32 Å². The zero-order valence-corrected chi connectivity index (χ0v) is 15.3. The fourth-order valence-electron chi connectivity index (χ4n) is 3.19. The van der Waals surface area contributed by atoms with Crippen LogP contribution in [-0.2, 0) is 16.0 Å². The number of aryl methyl sites for hydroxylation is 2. The number of hydrogen-bond donors (Lipinski definition) is 1. The molecule has 5 heteroatoms. The molecule has 0 spiro atoms. The Kier molecular flexibility index (Phi) is 4.98. The minimum Gasteiger partial charge on any atom is -0.491 e. The molecule has 0 radical (unpaired) electrons. The quantitative estimate of drug-likeness (QED) is 0.663. The van der Waals surface area contributed by atoms with Crippen LogP contribution in [0.4, 0.5) is 0 Å². The molecule has 1 N–H and O–H groups in total. The topological polar surface area (TPSA) is 64.6 Å². The van der Waals surface area contributed by atoms with Crippen molar-refractivity contribution in [3.05, 3.63) is 64.7 Å². The third kappa shape index (κ3) is 3.57. The number of carbonyl (C=O) groups is 2. The molecule has 2 aromatic rings. The van der Waals surface area contributed by atoms with E-state index < -0.39 is 11.6 Å². The Morgan fingerprint density at radius 3 is 2.58 bits per heavy atom. The lowest BCUT2D eigenvalue weighted by Gasteiger charge is -2.33. The highest BCUT2D eigenvalue weighted by Gasteiger charge is 2.42. The van der Waals surface area contributed by atoms with E-state index in [0.29, 0.717) is 25.1 Å². The molecular weight excluding hydrogens is 330 g/mol. The third-order valence-electron chi connectivity index (χ3n) is 4.61. The predicted molar refractivity (Wildman–Crippen MR) is 98.4 cm³/mol. The van der Waals surface area contributed by atoms with Crippen molar-refractivity contribution in [3.8, 4) is 5.75 Å². The highest BCUT2D eigenvalue weighted by atomic mass is 16.6. The second-order valence-electron chi connectivity index (χ2n) is 6.78. The number of carbonyl (C=O) groups excluding carboxylic acids is 2. The molecule has 136 valence electrons. The highest BCUT2D eigenvalue weighted by Crippen LogP contribution is 2.28. The normalized spacial score (nSPS) is 18.7. The van der Waals surface area contributed by atoms with Crippen molar-refractivity contribution >= 4 is 11.9 Å². The van der Waals surface area contributed by atoms with Gasteiger partial charge in [-0.1, -0.05) is 36.4 Å². The number of esters is 1. The molecule has 0 aromatic heterocycles. The van der Waals surface area contributed by atoms with Gasteiger partial charge >= 0.3 is 5.97 Å².